The number of nitrogens with one attached hydrogen (secondary N) is 1. The van der Waals surface area contributed by atoms with Gasteiger partial charge in [0.25, 0.3) is 5.91 Å². The molecule has 1 unspecified atom stereocenters. The van der Waals surface area contributed by atoms with E-state index in [1.165, 1.54) is 41.2 Å². The van der Waals surface area contributed by atoms with Crippen LogP contribution in [-0.2, 0) is 17.8 Å². The minimum absolute atomic E-state index is 0.117. The lowest BCUT2D eigenvalue weighted by molar-refractivity contribution is -0.137. The molecule has 0 bridgehead atoms. The molecule has 8 heteroatoms. The van der Waals surface area contributed by atoms with Crippen molar-refractivity contribution in [1.82, 2.24) is 9.88 Å². The Morgan fingerprint density at radius 3 is 2.58 bits per heavy atom. The average molecular weight is 556 g/mol. The molecule has 2 heterocycles. The second-order valence-electron chi connectivity index (χ2n) is 10.3. The molecule has 1 saturated carbocycles. The fourth-order valence-electron chi connectivity index (χ4n) is 5.68. The lowest BCUT2D eigenvalue weighted by Crippen LogP contribution is -2.43. The summed E-state index contributed by atoms with van der Waals surface area (Å²) >= 11 is 1.34. The highest BCUT2D eigenvalue weighted by atomic mass is 32.1. The Balaban J connectivity index is 1.18. The van der Waals surface area contributed by atoms with Crippen LogP contribution in [0.25, 0.3) is 0 Å². The van der Waals surface area contributed by atoms with Crippen LogP contribution in [0.2, 0.25) is 0 Å². The van der Waals surface area contributed by atoms with Crippen molar-refractivity contribution in [3.63, 3.8) is 0 Å². The van der Waals surface area contributed by atoms with Crippen LogP contribution in [0, 0.1) is 11.7 Å². The Morgan fingerprint density at radius 2 is 1.80 bits per heavy atom. The molecule has 1 aliphatic carbocycles. The first-order valence-electron chi connectivity index (χ1n) is 13.7. The van der Waals surface area contributed by atoms with E-state index in [4.69, 9.17) is 4.74 Å². The van der Waals surface area contributed by atoms with Gasteiger partial charge in [-0.15, -0.1) is 11.3 Å². The number of rotatable bonds is 7. The third-order valence-electron chi connectivity index (χ3n) is 7.70. The quantitative estimate of drug-likeness (QED) is 0.273. The van der Waals surface area contributed by atoms with Crippen molar-refractivity contribution in [2.24, 2.45) is 5.92 Å². The molecule has 1 aromatic heterocycles. The van der Waals surface area contributed by atoms with Gasteiger partial charge in [0.05, 0.1) is 6.04 Å². The normalized spacial score (nSPS) is 16.9. The number of fused-ring (bicyclic) bond motifs is 1. The van der Waals surface area contributed by atoms with Crippen molar-refractivity contribution in [2.75, 3.05) is 11.9 Å². The topological polar surface area (TPSA) is 71.5 Å². The van der Waals surface area contributed by atoms with Gasteiger partial charge < -0.3 is 15.0 Å². The smallest absolute Gasteiger partial charge is 0.275 e. The molecular formula is C32H30FN3O3S. The fraction of sp³-hybridized carbons (Fsp3) is 0.281. The molecular weight excluding hydrogens is 525 g/mol. The third-order valence-corrected chi connectivity index (χ3v) is 8.52. The van der Waals surface area contributed by atoms with Gasteiger partial charge in [-0.3, -0.25) is 9.59 Å². The van der Waals surface area contributed by atoms with Crippen molar-refractivity contribution in [2.45, 2.75) is 44.8 Å². The molecule has 204 valence electrons. The largest absolute Gasteiger partial charge is 0.486 e. The van der Waals surface area contributed by atoms with E-state index in [-0.39, 0.29) is 41.9 Å². The third kappa shape index (κ3) is 5.63. The zero-order chi connectivity index (χ0) is 27.5. The van der Waals surface area contributed by atoms with Gasteiger partial charge in [-0.05, 0) is 72.4 Å². The fourth-order valence-corrected chi connectivity index (χ4v) is 6.36. The van der Waals surface area contributed by atoms with E-state index in [1.807, 2.05) is 24.3 Å². The predicted octanol–water partition coefficient (Wildman–Crippen LogP) is 6.78. The van der Waals surface area contributed by atoms with Gasteiger partial charge in [0.2, 0.25) is 5.91 Å². The van der Waals surface area contributed by atoms with Crippen LogP contribution in [0.3, 0.4) is 0 Å². The number of nitrogens with zero attached hydrogens (tertiary/aromatic N) is 2. The summed E-state index contributed by atoms with van der Waals surface area (Å²) in [4.78, 5) is 32.7. The van der Waals surface area contributed by atoms with Crippen LogP contribution < -0.4 is 10.1 Å². The Kier molecular flexibility index (Phi) is 7.60. The molecule has 1 N–H and O–H groups in total. The first kappa shape index (κ1) is 26.2. The number of hydrogen-bond acceptors (Lipinski definition) is 5. The SMILES string of the molecule is O=C(Nc1ccc(F)cc1)c1csc(COc2ccc3c(c2)C(c2ccccc2)N(C(=O)C2CCCC2)CC3)n1. The van der Waals surface area contributed by atoms with Crippen molar-refractivity contribution < 1.29 is 18.7 Å². The number of ether oxygens (including phenoxy) is 1. The maximum absolute atomic E-state index is 13.6. The molecule has 2 aliphatic rings. The van der Waals surface area contributed by atoms with Crippen LogP contribution in [0.4, 0.5) is 10.1 Å². The number of carbonyl (C=O) groups excluding carboxylic acids is 2. The highest BCUT2D eigenvalue weighted by Crippen LogP contribution is 2.39. The number of thiazole rings is 1. The van der Waals surface area contributed by atoms with Gasteiger partial charge in [-0.25, -0.2) is 9.37 Å². The lowest BCUT2D eigenvalue weighted by atomic mass is 9.87. The van der Waals surface area contributed by atoms with E-state index < -0.39 is 0 Å². The van der Waals surface area contributed by atoms with E-state index in [0.717, 1.165) is 43.2 Å². The highest BCUT2D eigenvalue weighted by molar-refractivity contribution is 7.09. The van der Waals surface area contributed by atoms with Crippen LogP contribution in [0.1, 0.15) is 63.9 Å². The molecule has 0 radical (unpaired) electrons. The minimum Gasteiger partial charge on any atom is -0.486 e. The van der Waals surface area contributed by atoms with Gasteiger partial charge >= 0.3 is 0 Å². The highest BCUT2D eigenvalue weighted by Gasteiger charge is 2.36. The van der Waals surface area contributed by atoms with Crippen LogP contribution in [0.5, 0.6) is 5.75 Å². The second-order valence-corrected chi connectivity index (χ2v) is 11.3. The van der Waals surface area contributed by atoms with Gasteiger partial charge in [0.1, 0.15) is 28.9 Å². The number of carbonyl (C=O) groups is 2. The number of amides is 2. The predicted molar refractivity (Wildman–Crippen MR) is 153 cm³/mol. The summed E-state index contributed by atoms with van der Waals surface area (Å²) in [6.07, 6.45) is 5.02. The summed E-state index contributed by atoms with van der Waals surface area (Å²) in [6.45, 7) is 0.929. The molecule has 1 atom stereocenters. The molecule has 1 fully saturated rings. The maximum atomic E-state index is 13.6. The van der Waals surface area contributed by atoms with Gasteiger partial charge in [0, 0.05) is 23.5 Å². The molecule has 1 aliphatic heterocycles. The first-order valence-corrected chi connectivity index (χ1v) is 14.6. The Hall–Kier alpha value is -4.04. The van der Waals surface area contributed by atoms with E-state index in [2.05, 4.69) is 39.5 Å². The van der Waals surface area contributed by atoms with Gasteiger partial charge in [0.15, 0.2) is 0 Å². The monoisotopic (exact) mass is 555 g/mol. The summed E-state index contributed by atoms with van der Waals surface area (Å²) < 4.78 is 19.3. The van der Waals surface area contributed by atoms with E-state index in [1.54, 1.807) is 5.38 Å². The zero-order valence-corrected chi connectivity index (χ0v) is 22.8. The molecule has 3 aromatic carbocycles. The minimum atomic E-state index is -0.364. The second kappa shape index (κ2) is 11.6. The molecule has 6 nitrogen and oxygen atoms in total. The Labute approximate surface area is 236 Å². The zero-order valence-electron chi connectivity index (χ0n) is 22.0. The van der Waals surface area contributed by atoms with Gasteiger partial charge in [-0.1, -0.05) is 49.2 Å². The number of hydrogen-bond donors (Lipinski definition) is 1. The van der Waals surface area contributed by atoms with Crippen LogP contribution >= 0.6 is 11.3 Å². The van der Waals surface area contributed by atoms with Crippen molar-refractivity contribution in [1.29, 1.82) is 0 Å². The number of benzene rings is 3. The summed E-state index contributed by atoms with van der Waals surface area (Å²) in [5.74, 6) is 0.351. The maximum Gasteiger partial charge on any atom is 0.275 e. The van der Waals surface area contributed by atoms with Crippen molar-refractivity contribution >= 4 is 28.8 Å². The molecule has 4 aromatic rings. The number of halogens is 1. The van der Waals surface area contributed by atoms with E-state index >= 15 is 0 Å². The number of aromatic nitrogens is 1. The summed E-state index contributed by atoms with van der Waals surface area (Å²) in [6, 6.07) is 21.8. The standard InChI is InChI=1S/C32H30FN3O3S/c33-24-11-13-25(14-12-24)34-31(37)28-20-40-29(35-28)19-39-26-15-10-21-16-17-36(32(38)23-8-4-5-9-23)30(27(21)18-26)22-6-2-1-3-7-22/h1-3,6-7,10-15,18,20,23,30H,4-5,8-9,16-17,19H2,(H,34,37). The van der Waals surface area contributed by atoms with Crippen LogP contribution in [0.15, 0.2) is 78.2 Å². The van der Waals surface area contributed by atoms with E-state index in [0.29, 0.717) is 23.0 Å². The first-order chi connectivity index (χ1) is 19.5. The summed E-state index contributed by atoms with van der Waals surface area (Å²) in [5, 5.41) is 5.08. The number of anilines is 1. The molecule has 0 spiro atoms. The lowest BCUT2D eigenvalue weighted by Gasteiger charge is -2.39. The summed E-state index contributed by atoms with van der Waals surface area (Å²) in [7, 11) is 0. The average Bonchev–Trinajstić information content (AvgIpc) is 3.70. The summed E-state index contributed by atoms with van der Waals surface area (Å²) in [5.41, 5.74) is 4.21. The Morgan fingerprint density at radius 1 is 1.02 bits per heavy atom. The van der Waals surface area contributed by atoms with Crippen LogP contribution in [-0.4, -0.2) is 28.2 Å². The van der Waals surface area contributed by atoms with Gasteiger partial charge in [-0.2, -0.15) is 0 Å². The molecule has 0 saturated heterocycles. The van der Waals surface area contributed by atoms with Crippen molar-refractivity contribution in [3.05, 3.63) is 111 Å². The van der Waals surface area contributed by atoms with Crippen molar-refractivity contribution in [3.8, 4) is 5.75 Å². The molecule has 2 amide bonds. The Bertz CT molecular complexity index is 1500. The van der Waals surface area contributed by atoms with E-state index in [9.17, 15) is 14.0 Å². The molecule has 40 heavy (non-hydrogen) atoms. The molecule has 6 rings (SSSR count).